The Kier molecular flexibility index (Phi) is 7.59. The van der Waals surface area contributed by atoms with Crippen LogP contribution >= 0.6 is 0 Å². The first-order valence-corrected chi connectivity index (χ1v) is 14.8. The third-order valence-electron chi connectivity index (χ3n) is 9.68. The van der Waals surface area contributed by atoms with Crippen LogP contribution in [0.2, 0.25) is 0 Å². The van der Waals surface area contributed by atoms with Crippen LogP contribution in [0, 0.1) is 11.2 Å². The number of piperidine rings is 2. The van der Waals surface area contributed by atoms with Gasteiger partial charge in [-0.2, -0.15) is 0 Å². The molecule has 6 rings (SSSR count). The van der Waals surface area contributed by atoms with Crippen molar-refractivity contribution in [1.29, 1.82) is 0 Å². The summed E-state index contributed by atoms with van der Waals surface area (Å²) in [6.45, 7) is 5.69. The van der Waals surface area contributed by atoms with Crippen molar-refractivity contribution in [3.63, 3.8) is 0 Å². The topological polar surface area (TPSA) is 111 Å². The highest BCUT2D eigenvalue weighted by atomic mass is 19.1. The van der Waals surface area contributed by atoms with E-state index in [0.717, 1.165) is 57.8 Å². The van der Waals surface area contributed by atoms with Crippen LogP contribution in [0.5, 0.6) is 0 Å². The van der Waals surface area contributed by atoms with Crippen LogP contribution in [0.1, 0.15) is 55.3 Å². The summed E-state index contributed by atoms with van der Waals surface area (Å²) in [5, 5.41) is 4.93. The Morgan fingerprint density at radius 2 is 1.66 bits per heavy atom. The second kappa shape index (κ2) is 11.3. The van der Waals surface area contributed by atoms with Gasteiger partial charge in [-0.3, -0.25) is 24.6 Å². The fraction of sp³-hybridized carbons (Fsp3) is 0.516. The number of hydrogen-bond acceptors (Lipinski definition) is 7. The molecule has 4 fully saturated rings. The zero-order chi connectivity index (χ0) is 28.6. The van der Waals surface area contributed by atoms with E-state index in [0.29, 0.717) is 22.7 Å². The normalized spacial score (nSPS) is 24.9. The lowest BCUT2D eigenvalue weighted by Gasteiger charge is -2.42. The minimum absolute atomic E-state index is 0.182. The lowest BCUT2D eigenvalue weighted by atomic mass is 9.76. The molecule has 0 bridgehead atoms. The van der Waals surface area contributed by atoms with Gasteiger partial charge in [0.15, 0.2) is 0 Å². The van der Waals surface area contributed by atoms with Crippen LogP contribution in [-0.4, -0.2) is 74.0 Å². The summed E-state index contributed by atoms with van der Waals surface area (Å²) >= 11 is 0. The molecule has 2 aromatic rings. The molecule has 0 radical (unpaired) electrons. The van der Waals surface area contributed by atoms with Crippen LogP contribution < -0.4 is 26.2 Å². The Bertz CT molecular complexity index is 1300. The molecule has 0 aromatic heterocycles. The first-order chi connectivity index (χ1) is 19.8. The van der Waals surface area contributed by atoms with Gasteiger partial charge < -0.3 is 20.9 Å². The minimum atomic E-state index is -0.764. The van der Waals surface area contributed by atoms with Crippen LogP contribution in [0.15, 0.2) is 42.5 Å². The first kappa shape index (κ1) is 27.5. The maximum Gasteiger partial charge on any atom is 0.252 e. The third-order valence-corrected chi connectivity index (χ3v) is 9.68. The molecule has 2 unspecified atom stereocenters. The van der Waals surface area contributed by atoms with Crippen molar-refractivity contribution < 1.29 is 18.8 Å². The number of hydrogen-bond donors (Lipinski definition) is 3. The molecule has 3 aliphatic heterocycles. The number of amides is 3. The number of carbonyl (C=O) groups is 3. The Morgan fingerprint density at radius 1 is 0.927 bits per heavy atom. The van der Waals surface area contributed by atoms with Crippen molar-refractivity contribution in [3.05, 3.63) is 53.8 Å². The molecule has 218 valence electrons. The monoisotopic (exact) mass is 562 g/mol. The average molecular weight is 563 g/mol. The molecule has 10 heteroatoms. The number of nitrogens with two attached hydrogens (primary N) is 1. The summed E-state index contributed by atoms with van der Waals surface area (Å²) in [5.74, 6) is -1.62. The lowest BCUT2D eigenvalue weighted by molar-refractivity contribution is -0.134. The average Bonchev–Trinajstić information content (AvgIpc) is 3.39. The second-order valence-electron chi connectivity index (χ2n) is 12.1. The summed E-state index contributed by atoms with van der Waals surface area (Å²) in [6, 6.07) is 12.3. The predicted octanol–water partition coefficient (Wildman–Crippen LogP) is 2.90. The van der Waals surface area contributed by atoms with Crippen LogP contribution in [0.4, 0.5) is 21.5 Å². The number of benzene rings is 2. The van der Waals surface area contributed by atoms with E-state index in [1.807, 2.05) is 12.1 Å². The van der Waals surface area contributed by atoms with E-state index < -0.39 is 17.9 Å². The lowest BCUT2D eigenvalue weighted by Crippen LogP contribution is -2.52. The standard InChI is InChI=1S/C31H39FN6O3/c32-25-6-1-21(29(40)34-26-7-8-28(39)35-30(26)41)19-27(25)38-13-11-31(12-14-38)10-9-24(20-31)37-17-15-36(16-18-37)23-4-2-22(33)3-5-23/h1-6,19,24,26H,7-18,20,33H2,(H,34,40)(H,35,39,41). The maximum absolute atomic E-state index is 14.9. The van der Waals surface area contributed by atoms with Gasteiger partial charge in [0, 0.05) is 68.7 Å². The fourth-order valence-electron chi connectivity index (χ4n) is 7.16. The number of nitrogens with zero attached hydrogens (tertiary/aromatic N) is 3. The van der Waals surface area contributed by atoms with Crippen molar-refractivity contribution >= 4 is 34.8 Å². The Balaban J connectivity index is 1.02. The number of nitrogen functional groups attached to an aromatic ring is 1. The number of anilines is 3. The molecular weight excluding hydrogens is 523 g/mol. The zero-order valence-electron chi connectivity index (χ0n) is 23.4. The van der Waals surface area contributed by atoms with E-state index in [4.69, 9.17) is 5.73 Å². The predicted molar refractivity (Wildman–Crippen MR) is 156 cm³/mol. The summed E-state index contributed by atoms with van der Waals surface area (Å²) in [6.07, 6.45) is 6.09. The molecule has 41 heavy (non-hydrogen) atoms. The molecule has 3 saturated heterocycles. The molecule has 9 nitrogen and oxygen atoms in total. The highest BCUT2D eigenvalue weighted by Crippen LogP contribution is 2.48. The third kappa shape index (κ3) is 5.88. The number of halogens is 1. The smallest absolute Gasteiger partial charge is 0.252 e. The van der Waals surface area contributed by atoms with Gasteiger partial charge in [-0.1, -0.05) is 0 Å². The molecule has 4 aliphatic rings. The highest BCUT2D eigenvalue weighted by Gasteiger charge is 2.43. The Morgan fingerprint density at radius 3 is 2.37 bits per heavy atom. The summed E-state index contributed by atoms with van der Waals surface area (Å²) < 4.78 is 14.9. The van der Waals surface area contributed by atoms with Crippen molar-refractivity contribution in [1.82, 2.24) is 15.5 Å². The number of imide groups is 1. The molecule has 2 atom stereocenters. The van der Waals surface area contributed by atoms with Gasteiger partial charge in [-0.05, 0) is 86.4 Å². The van der Waals surface area contributed by atoms with Gasteiger partial charge in [-0.15, -0.1) is 0 Å². The maximum atomic E-state index is 14.9. The van der Waals surface area contributed by atoms with E-state index in [9.17, 15) is 18.8 Å². The Labute approximate surface area is 240 Å². The number of carbonyl (C=O) groups excluding carboxylic acids is 3. The number of nitrogens with one attached hydrogen (secondary N) is 2. The van der Waals surface area contributed by atoms with Crippen molar-refractivity contribution in [2.45, 2.75) is 57.0 Å². The minimum Gasteiger partial charge on any atom is -0.399 e. The highest BCUT2D eigenvalue weighted by molar-refractivity contribution is 6.04. The number of rotatable bonds is 5. The molecule has 2 aromatic carbocycles. The molecule has 4 N–H and O–H groups in total. The van der Waals surface area contributed by atoms with Gasteiger partial charge in [0.1, 0.15) is 11.9 Å². The van der Waals surface area contributed by atoms with Crippen molar-refractivity contribution in [3.8, 4) is 0 Å². The SMILES string of the molecule is Nc1ccc(N2CCN(C3CCC4(CCN(c5cc(C(=O)NC6CCC(=O)NC6=O)ccc5F)CC4)C3)CC2)cc1. The van der Waals surface area contributed by atoms with Gasteiger partial charge in [0.05, 0.1) is 5.69 Å². The van der Waals surface area contributed by atoms with E-state index in [2.05, 4.69) is 37.5 Å². The first-order valence-electron chi connectivity index (χ1n) is 14.8. The van der Waals surface area contributed by atoms with Gasteiger partial charge in [0.2, 0.25) is 11.8 Å². The molecule has 1 saturated carbocycles. The molecular formula is C31H39FN6O3. The van der Waals surface area contributed by atoms with E-state index >= 15 is 0 Å². The van der Waals surface area contributed by atoms with Crippen LogP contribution in [0.25, 0.3) is 0 Å². The molecule has 1 aliphatic carbocycles. The second-order valence-corrected chi connectivity index (χ2v) is 12.1. The summed E-state index contributed by atoms with van der Waals surface area (Å²) in [5.41, 5.74) is 8.92. The summed E-state index contributed by atoms with van der Waals surface area (Å²) in [4.78, 5) is 43.5. The van der Waals surface area contributed by atoms with Crippen molar-refractivity contribution in [2.75, 3.05) is 54.8 Å². The van der Waals surface area contributed by atoms with E-state index in [1.165, 1.54) is 37.1 Å². The van der Waals surface area contributed by atoms with E-state index in [-0.39, 0.29) is 24.6 Å². The molecule has 1 spiro atoms. The van der Waals surface area contributed by atoms with Crippen molar-refractivity contribution in [2.24, 2.45) is 5.41 Å². The zero-order valence-corrected chi connectivity index (χ0v) is 23.4. The largest absolute Gasteiger partial charge is 0.399 e. The summed E-state index contributed by atoms with van der Waals surface area (Å²) in [7, 11) is 0. The van der Waals surface area contributed by atoms with Gasteiger partial charge in [0.25, 0.3) is 5.91 Å². The quantitative estimate of drug-likeness (QED) is 0.380. The number of piperazine rings is 1. The van der Waals surface area contributed by atoms with Gasteiger partial charge in [-0.25, -0.2) is 4.39 Å². The van der Waals surface area contributed by atoms with Gasteiger partial charge >= 0.3 is 0 Å². The van der Waals surface area contributed by atoms with Crippen LogP contribution in [0.3, 0.4) is 0 Å². The Hall–Kier alpha value is -3.66. The molecule has 3 amide bonds. The fourth-order valence-corrected chi connectivity index (χ4v) is 7.16. The van der Waals surface area contributed by atoms with Crippen LogP contribution in [-0.2, 0) is 9.59 Å². The van der Waals surface area contributed by atoms with E-state index in [1.54, 1.807) is 6.07 Å². The molecule has 3 heterocycles.